The summed E-state index contributed by atoms with van der Waals surface area (Å²) in [4.78, 5) is 11.9. The predicted molar refractivity (Wildman–Crippen MR) is 81.6 cm³/mol. The summed E-state index contributed by atoms with van der Waals surface area (Å²) in [6.07, 6.45) is 2.85. The average Bonchev–Trinajstić information content (AvgIpc) is 2.40. The van der Waals surface area contributed by atoms with Crippen LogP contribution >= 0.6 is 31.9 Å². The molecule has 0 aliphatic carbocycles. The molecule has 96 valence electrons. The van der Waals surface area contributed by atoms with Crippen LogP contribution in [-0.2, 0) is 0 Å². The molecule has 19 heavy (non-hydrogen) atoms. The third-order valence-electron chi connectivity index (χ3n) is 2.50. The van der Waals surface area contributed by atoms with Crippen LogP contribution < -0.4 is 0 Å². The molecule has 0 aliphatic rings. The molecule has 0 atom stereocenters. The van der Waals surface area contributed by atoms with Crippen molar-refractivity contribution in [3.63, 3.8) is 0 Å². The van der Waals surface area contributed by atoms with Gasteiger partial charge in [-0.05, 0) is 54.6 Å². The molecule has 0 heterocycles. The molecule has 0 aromatic heterocycles. The second-order valence-corrected chi connectivity index (χ2v) is 5.70. The van der Waals surface area contributed by atoms with Crippen molar-refractivity contribution in [1.29, 1.82) is 0 Å². The molecule has 2 aromatic rings. The Balaban J connectivity index is 2.20. The number of benzene rings is 2. The van der Waals surface area contributed by atoms with Crippen LogP contribution in [0.5, 0.6) is 0 Å². The normalized spacial score (nSPS) is 10.9. The Morgan fingerprint density at radius 3 is 2.32 bits per heavy atom. The Labute approximate surface area is 127 Å². The topological polar surface area (TPSA) is 17.1 Å². The minimum Gasteiger partial charge on any atom is -0.289 e. The van der Waals surface area contributed by atoms with Crippen molar-refractivity contribution in [2.45, 2.75) is 0 Å². The molecule has 4 heteroatoms. The molecule has 2 aromatic carbocycles. The van der Waals surface area contributed by atoms with Crippen molar-refractivity contribution in [2.24, 2.45) is 0 Å². The molecule has 0 aliphatic heterocycles. The third-order valence-corrected chi connectivity index (χ3v) is 3.52. The number of hydrogen-bond donors (Lipinski definition) is 0. The smallest absolute Gasteiger partial charge is 0.185 e. The molecule has 0 fully saturated rings. The van der Waals surface area contributed by atoms with E-state index in [4.69, 9.17) is 0 Å². The zero-order chi connectivity index (χ0) is 13.8. The minimum absolute atomic E-state index is 0.160. The Morgan fingerprint density at radius 1 is 1.00 bits per heavy atom. The van der Waals surface area contributed by atoms with Gasteiger partial charge in [-0.1, -0.05) is 31.9 Å². The van der Waals surface area contributed by atoms with Gasteiger partial charge in [-0.3, -0.25) is 4.79 Å². The highest BCUT2D eigenvalue weighted by Crippen LogP contribution is 2.17. The highest BCUT2D eigenvalue weighted by Gasteiger charge is 2.03. The van der Waals surface area contributed by atoms with Gasteiger partial charge in [0.25, 0.3) is 0 Å². The van der Waals surface area contributed by atoms with Crippen molar-refractivity contribution < 1.29 is 9.18 Å². The van der Waals surface area contributed by atoms with E-state index >= 15 is 0 Å². The first-order valence-electron chi connectivity index (χ1n) is 5.49. The fourth-order valence-corrected chi connectivity index (χ4v) is 2.16. The van der Waals surface area contributed by atoms with Gasteiger partial charge in [0.05, 0.1) is 0 Å². The molecule has 0 spiro atoms. The lowest BCUT2D eigenvalue weighted by atomic mass is 10.1. The van der Waals surface area contributed by atoms with Gasteiger partial charge in [-0.2, -0.15) is 0 Å². The van der Waals surface area contributed by atoms with Crippen molar-refractivity contribution in [3.8, 4) is 0 Å². The van der Waals surface area contributed by atoms with Crippen LogP contribution in [-0.4, -0.2) is 5.78 Å². The Bertz CT molecular complexity index is 633. The summed E-state index contributed by atoms with van der Waals surface area (Å²) in [5.74, 6) is -0.519. The van der Waals surface area contributed by atoms with Gasteiger partial charge in [0, 0.05) is 20.1 Å². The van der Waals surface area contributed by atoms with E-state index in [-0.39, 0.29) is 11.6 Å². The predicted octanol–water partition coefficient (Wildman–Crippen LogP) is 5.25. The molecule has 0 N–H and O–H groups in total. The molecular formula is C15H9Br2FO. The number of halogens is 3. The van der Waals surface area contributed by atoms with Crippen LogP contribution in [0.15, 0.2) is 57.5 Å². The number of carbonyl (C=O) groups excluding carboxylic acids is 1. The summed E-state index contributed by atoms with van der Waals surface area (Å²) in [5.41, 5.74) is 0.940. The SMILES string of the molecule is O=C(/C=C/c1cc(Br)ccc1F)c1ccc(Br)cc1. The van der Waals surface area contributed by atoms with E-state index < -0.39 is 0 Å². The monoisotopic (exact) mass is 382 g/mol. The maximum absolute atomic E-state index is 13.5. The largest absolute Gasteiger partial charge is 0.289 e. The Hall–Kier alpha value is -1.26. The number of carbonyl (C=O) groups is 1. The van der Waals surface area contributed by atoms with Crippen LogP contribution in [0.1, 0.15) is 15.9 Å². The summed E-state index contributed by atoms with van der Waals surface area (Å²) in [7, 11) is 0. The second kappa shape index (κ2) is 6.26. The molecule has 0 unspecified atom stereocenters. The van der Waals surface area contributed by atoms with Crippen LogP contribution in [0.4, 0.5) is 4.39 Å². The van der Waals surface area contributed by atoms with E-state index in [1.165, 1.54) is 18.2 Å². The van der Waals surface area contributed by atoms with E-state index in [0.29, 0.717) is 11.1 Å². The number of hydrogen-bond acceptors (Lipinski definition) is 1. The van der Waals surface area contributed by atoms with E-state index in [0.717, 1.165) is 8.95 Å². The highest BCUT2D eigenvalue weighted by molar-refractivity contribution is 9.10. The van der Waals surface area contributed by atoms with E-state index in [2.05, 4.69) is 31.9 Å². The van der Waals surface area contributed by atoms with Gasteiger partial charge in [0.15, 0.2) is 5.78 Å². The van der Waals surface area contributed by atoms with Gasteiger partial charge in [0.1, 0.15) is 5.82 Å². The first kappa shape index (κ1) is 14.2. The fraction of sp³-hybridized carbons (Fsp3) is 0. The van der Waals surface area contributed by atoms with Gasteiger partial charge >= 0.3 is 0 Å². The fourth-order valence-electron chi connectivity index (χ4n) is 1.52. The molecule has 1 nitrogen and oxygen atoms in total. The molecular weight excluding hydrogens is 375 g/mol. The van der Waals surface area contributed by atoms with Crippen molar-refractivity contribution >= 4 is 43.7 Å². The van der Waals surface area contributed by atoms with Crippen LogP contribution in [0, 0.1) is 5.82 Å². The van der Waals surface area contributed by atoms with Gasteiger partial charge < -0.3 is 0 Å². The molecule has 0 bridgehead atoms. The van der Waals surface area contributed by atoms with Crippen LogP contribution in [0.2, 0.25) is 0 Å². The third kappa shape index (κ3) is 3.85. The summed E-state index contributed by atoms with van der Waals surface area (Å²) < 4.78 is 15.2. The molecule has 0 radical (unpaired) electrons. The molecule has 0 saturated carbocycles. The maximum atomic E-state index is 13.5. The van der Waals surface area contributed by atoms with Gasteiger partial charge in [-0.25, -0.2) is 4.39 Å². The second-order valence-electron chi connectivity index (χ2n) is 3.87. The highest BCUT2D eigenvalue weighted by atomic mass is 79.9. The average molecular weight is 384 g/mol. The van der Waals surface area contributed by atoms with Gasteiger partial charge in [0.2, 0.25) is 0 Å². The standard InChI is InChI=1S/C15H9Br2FO/c16-12-4-1-10(2-5-12)15(19)8-3-11-9-13(17)6-7-14(11)18/h1-9H/b8-3+. The maximum Gasteiger partial charge on any atom is 0.185 e. The minimum atomic E-state index is -0.358. The number of allylic oxidation sites excluding steroid dienone is 1. The lowest BCUT2D eigenvalue weighted by Gasteiger charge is -1.98. The molecule has 0 amide bonds. The summed E-state index contributed by atoms with van der Waals surface area (Å²) in [5, 5.41) is 0. The number of ketones is 1. The zero-order valence-electron chi connectivity index (χ0n) is 9.74. The Kier molecular flexibility index (Phi) is 4.66. The lowest BCUT2D eigenvalue weighted by Crippen LogP contribution is -1.93. The first-order chi connectivity index (χ1) is 9.06. The molecule has 0 saturated heterocycles. The van der Waals surface area contributed by atoms with E-state index in [9.17, 15) is 9.18 Å². The summed E-state index contributed by atoms with van der Waals surface area (Å²) in [6, 6.07) is 11.6. The van der Waals surface area contributed by atoms with Crippen molar-refractivity contribution in [3.05, 3.63) is 74.4 Å². The quantitative estimate of drug-likeness (QED) is 0.522. The number of rotatable bonds is 3. The van der Waals surface area contributed by atoms with Crippen molar-refractivity contribution in [2.75, 3.05) is 0 Å². The zero-order valence-corrected chi connectivity index (χ0v) is 12.9. The molecule has 2 rings (SSSR count). The van der Waals surface area contributed by atoms with E-state index in [1.54, 1.807) is 36.4 Å². The van der Waals surface area contributed by atoms with Crippen molar-refractivity contribution in [1.82, 2.24) is 0 Å². The summed E-state index contributed by atoms with van der Waals surface area (Å²) >= 11 is 6.57. The van der Waals surface area contributed by atoms with Crippen LogP contribution in [0.25, 0.3) is 6.08 Å². The van der Waals surface area contributed by atoms with Gasteiger partial charge in [-0.15, -0.1) is 0 Å². The lowest BCUT2D eigenvalue weighted by molar-refractivity contribution is 0.104. The van der Waals surface area contributed by atoms with E-state index in [1.807, 2.05) is 0 Å². The Morgan fingerprint density at radius 2 is 1.63 bits per heavy atom. The summed E-state index contributed by atoms with van der Waals surface area (Å²) in [6.45, 7) is 0. The first-order valence-corrected chi connectivity index (χ1v) is 7.08. The van der Waals surface area contributed by atoms with Crippen LogP contribution in [0.3, 0.4) is 0 Å².